The average molecular weight is 262 g/mol. The number of hydrogen-bond acceptors (Lipinski definition) is 2. The molecule has 0 atom stereocenters. The average Bonchev–Trinajstić information content (AvgIpc) is 2.92. The van der Waals surface area contributed by atoms with Crippen molar-refractivity contribution in [2.75, 3.05) is 0 Å². The summed E-state index contributed by atoms with van der Waals surface area (Å²) in [6.45, 7) is 0.661. The smallest absolute Gasteiger partial charge is 0.153 e. The van der Waals surface area contributed by atoms with Gasteiger partial charge >= 0.3 is 0 Å². The van der Waals surface area contributed by atoms with Crippen LogP contribution >= 0.6 is 0 Å². The molecule has 0 fully saturated rings. The molecule has 0 aliphatic rings. The second kappa shape index (κ2) is 5.53. The monoisotopic (exact) mass is 262 g/mol. The molecule has 0 bridgehead atoms. The van der Waals surface area contributed by atoms with Crippen LogP contribution in [0.25, 0.3) is 11.3 Å². The van der Waals surface area contributed by atoms with E-state index < -0.39 is 0 Å². The standard InChI is InChI=1S/C17H14N2O/c20-13-16-12-19(11-14-7-3-1-4-8-14)18-17(16)15-9-5-2-6-10-15/h1-10,12-13H,11H2. The molecule has 3 aromatic rings. The molecule has 0 unspecified atom stereocenters. The summed E-state index contributed by atoms with van der Waals surface area (Å²) >= 11 is 0. The Bertz CT molecular complexity index is 702. The maximum atomic E-state index is 11.2. The lowest BCUT2D eigenvalue weighted by Gasteiger charge is -2.01. The summed E-state index contributed by atoms with van der Waals surface area (Å²) in [7, 11) is 0. The van der Waals surface area contributed by atoms with Crippen molar-refractivity contribution in [3.05, 3.63) is 78.0 Å². The van der Waals surface area contributed by atoms with E-state index in [1.54, 1.807) is 10.9 Å². The first-order valence-electron chi connectivity index (χ1n) is 6.49. The van der Waals surface area contributed by atoms with Gasteiger partial charge in [0.15, 0.2) is 6.29 Å². The number of nitrogens with zero attached hydrogens (tertiary/aromatic N) is 2. The molecule has 0 N–H and O–H groups in total. The van der Waals surface area contributed by atoms with Gasteiger partial charge < -0.3 is 0 Å². The summed E-state index contributed by atoms with van der Waals surface area (Å²) in [6, 6.07) is 19.8. The van der Waals surface area contributed by atoms with Crippen molar-refractivity contribution in [1.29, 1.82) is 0 Å². The first-order chi connectivity index (χ1) is 9.86. The van der Waals surface area contributed by atoms with Gasteiger partial charge in [-0.25, -0.2) is 0 Å². The van der Waals surface area contributed by atoms with Crippen LogP contribution in [-0.2, 0) is 6.54 Å². The summed E-state index contributed by atoms with van der Waals surface area (Å²) in [5.74, 6) is 0. The summed E-state index contributed by atoms with van der Waals surface area (Å²) in [5, 5.41) is 4.53. The fraction of sp³-hybridized carbons (Fsp3) is 0.0588. The number of aldehydes is 1. The van der Waals surface area contributed by atoms with Crippen molar-refractivity contribution < 1.29 is 4.79 Å². The van der Waals surface area contributed by atoms with E-state index in [4.69, 9.17) is 0 Å². The van der Waals surface area contributed by atoms with Crippen molar-refractivity contribution in [3.8, 4) is 11.3 Å². The molecule has 0 saturated heterocycles. The van der Waals surface area contributed by atoms with E-state index in [0.29, 0.717) is 12.1 Å². The predicted molar refractivity (Wildman–Crippen MR) is 78.6 cm³/mol. The van der Waals surface area contributed by atoms with Gasteiger partial charge in [-0.15, -0.1) is 0 Å². The number of benzene rings is 2. The highest BCUT2D eigenvalue weighted by atomic mass is 16.1. The van der Waals surface area contributed by atoms with Crippen LogP contribution in [0.5, 0.6) is 0 Å². The van der Waals surface area contributed by atoms with Crippen LogP contribution in [0.15, 0.2) is 66.9 Å². The molecule has 0 aliphatic heterocycles. The molecule has 1 heterocycles. The number of carbonyl (C=O) groups excluding carboxylic acids is 1. The van der Waals surface area contributed by atoms with Crippen molar-refractivity contribution in [2.45, 2.75) is 6.54 Å². The third kappa shape index (κ3) is 2.52. The Morgan fingerprint density at radius 2 is 1.60 bits per heavy atom. The van der Waals surface area contributed by atoms with Gasteiger partial charge in [0, 0.05) is 11.8 Å². The molecule has 0 aliphatic carbocycles. The SMILES string of the molecule is O=Cc1cn(Cc2ccccc2)nc1-c1ccccc1. The largest absolute Gasteiger partial charge is 0.298 e. The number of rotatable bonds is 4. The van der Waals surface area contributed by atoms with Gasteiger partial charge in [-0.3, -0.25) is 9.48 Å². The van der Waals surface area contributed by atoms with E-state index in [-0.39, 0.29) is 0 Å². The van der Waals surface area contributed by atoms with Crippen molar-refractivity contribution in [3.63, 3.8) is 0 Å². The molecule has 3 heteroatoms. The van der Waals surface area contributed by atoms with Gasteiger partial charge in [-0.1, -0.05) is 60.7 Å². The molecule has 98 valence electrons. The first-order valence-corrected chi connectivity index (χ1v) is 6.49. The summed E-state index contributed by atoms with van der Waals surface area (Å²) in [5.41, 5.74) is 3.47. The van der Waals surface area contributed by atoms with Crippen LogP contribution < -0.4 is 0 Å². The maximum absolute atomic E-state index is 11.2. The normalized spacial score (nSPS) is 10.4. The van der Waals surface area contributed by atoms with Crippen LogP contribution in [0.4, 0.5) is 0 Å². The van der Waals surface area contributed by atoms with Gasteiger partial charge in [-0.2, -0.15) is 5.10 Å². The lowest BCUT2D eigenvalue weighted by Crippen LogP contribution is -1.99. The highest BCUT2D eigenvalue weighted by Gasteiger charge is 2.10. The topological polar surface area (TPSA) is 34.9 Å². The Hall–Kier alpha value is -2.68. The molecule has 2 aromatic carbocycles. The van der Waals surface area contributed by atoms with Gasteiger partial charge in [0.05, 0.1) is 12.1 Å². The highest BCUT2D eigenvalue weighted by molar-refractivity contribution is 5.85. The molecule has 20 heavy (non-hydrogen) atoms. The van der Waals surface area contributed by atoms with Crippen LogP contribution in [0.2, 0.25) is 0 Å². The third-order valence-electron chi connectivity index (χ3n) is 3.15. The molecule has 0 spiro atoms. The van der Waals surface area contributed by atoms with Crippen molar-refractivity contribution >= 4 is 6.29 Å². The molecular weight excluding hydrogens is 248 g/mol. The molecule has 3 nitrogen and oxygen atoms in total. The van der Waals surface area contributed by atoms with Crippen molar-refractivity contribution in [2.24, 2.45) is 0 Å². The second-order valence-electron chi connectivity index (χ2n) is 4.60. The van der Waals surface area contributed by atoms with E-state index in [1.165, 1.54) is 0 Å². The van der Waals surface area contributed by atoms with Crippen LogP contribution in [0.1, 0.15) is 15.9 Å². The Morgan fingerprint density at radius 3 is 2.25 bits per heavy atom. The van der Waals surface area contributed by atoms with Crippen molar-refractivity contribution in [1.82, 2.24) is 9.78 Å². The summed E-state index contributed by atoms with van der Waals surface area (Å²) < 4.78 is 1.81. The Morgan fingerprint density at radius 1 is 0.950 bits per heavy atom. The lowest BCUT2D eigenvalue weighted by molar-refractivity contribution is 0.112. The van der Waals surface area contributed by atoms with E-state index in [9.17, 15) is 4.79 Å². The van der Waals surface area contributed by atoms with Crippen LogP contribution in [0.3, 0.4) is 0 Å². The molecule has 0 amide bonds. The van der Waals surface area contributed by atoms with Crippen LogP contribution in [0, 0.1) is 0 Å². The quantitative estimate of drug-likeness (QED) is 0.675. The minimum absolute atomic E-state index is 0.618. The van der Waals surface area contributed by atoms with E-state index in [2.05, 4.69) is 5.10 Å². The predicted octanol–water partition coefficient (Wildman–Crippen LogP) is 3.41. The molecule has 0 radical (unpaired) electrons. The minimum atomic E-state index is 0.618. The lowest BCUT2D eigenvalue weighted by atomic mass is 10.1. The third-order valence-corrected chi connectivity index (χ3v) is 3.15. The fourth-order valence-electron chi connectivity index (χ4n) is 2.19. The number of carbonyl (C=O) groups is 1. The second-order valence-corrected chi connectivity index (χ2v) is 4.60. The number of hydrogen-bond donors (Lipinski definition) is 0. The molecular formula is C17H14N2O. The van der Waals surface area contributed by atoms with E-state index in [1.807, 2.05) is 60.7 Å². The Kier molecular flexibility index (Phi) is 3.42. The molecule has 3 rings (SSSR count). The van der Waals surface area contributed by atoms with Gasteiger partial charge in [0.1, 0.15) is 5.69 Å². The maximum Gasteiger partial charge on any atom is 0.153 e. The zero-order chi connectivity index (χ0) is 13.8. The Balaban J connectivity index is 1.95. The molecule has 0 saturated carbocycles. The highest BCUT2D eigenvalue weighted by Crippen LogP contribution is 2.20. The van der Waals surface area contributed by atoms with E-state index >= 15 is 0 Å². The summed E-state index contributed by atoms with van der Waals surface area (Å²) in [4.78, 5) is 11.2. The number of aromatic nitrogens is 2. The van der Waals surface area contributed by atoms with Crippen LogP contribution in [-0.4, -0.2) is 16.1 Å². The van der Waals surface area contributed by atoms with Gasteiger partial charge in [0.2, 0.25) is 0 Å². The fourth-order valence-corrected chi connectivity index (χ4v) is 2.19. The Labute approximate surface area is 117 Å². The minimum Gasteiger partial charge on any atom is -0.298 e. The van der Waals surface area contributed by atoms with Gasteiger partial charge in [-0.05, 0) is 5.56 Å². The van der Waals surface area contributed by atoms with Gasteiger partial charge in [0.25, 0.3) is 0 Å². The van der Waals surface area contributed by atoms with E-state index in [0.717, 1.165) is 23.1 Å². The first kappa shape index (κ1) is 12.4. The zero-order valence-corrected chi connectivity index (χ0v) is 10.9. The molecule has 1 aromatic heterocycles. The summed E-state index contributed by atoms with van der Waals surface area (Å²) in [6.07, 6.45) is 2.65. The zero-order valence-electron chi connectivity index (χ0n) is 10.9.